The molecule has 0 spiro atoms. The third-order valence-corrected chi connectivity index (χ3v) is 0. The Morgan fingerprint density at radius 2 is 1.78 bits per heavy atom. The zero-order valence-corrected chi connectivity index (χ0v) is 10.2. The number of hydrogen-bond donors (Lipinski definition) is 3. The van der Waals surface area contributed by atoms with Crippen LogP contribution in [0.2, 0.25) is 0 Å². The van der Waals surface area contributed by atoms with Crippen molar-refractivity contribution >= 4 is 32.9 Å². The standard InChI is InChI=1S/CHNS.K.H2O3S2.H/c2-1-3;;1-5(2,3)4;/h3H;;(H2,1,2,3,4);/q;+1;;-1. The zero-order valence-electron chi connectivity index (χ0n) is 5.51. The van der Waals surface area contributed by atoms with Gasteiger partial charge in [-0.05, 0) is 0 Å². The zero-order chi connectivity index (χ0) is 7.21. The quantitative estimate of drug-likeness (QED) is 0.230. The normalized spacial score (nSPS) is 7.33. The number of thiol groups is 1. The summed E-state index contributed by atoms with van der Waals surface area (Å²) in [5.41, 5.74) is 0. The molecule has 0 aromatic heterocycles. The van der Waals surface area contributed by atoms with E-state index in [1.54, 1.807) is 0 Å². The molecule has 0 saturated carbocycles. The van der Waals surface area contributed by atoms with Crippen LogP contribution < -0.4 is 51.4 Å². The molecule has 0 aromatic rings. The van der Waals surface area contributed by atoms with Crippen molar-refractivity contribution in [2.24, 2.45) is 0 Å². The molecule has 0 aromatic carbocycles. The van der Waals surface area contributed by atoms with Crippen molar-refractivity contribution in [3.63, 3.8) is 0 Å². The van der Waals surface area contributed by atoms with Gasteiger partial charge in [0.2, 0.25) is 0 Å². The van der Waals surface area contributed by atoms with Crippen LogP contribution in [0.1, 0.15) is 1.43 Å². The van der Waals surface area contributed by atoms with Crippen molar-refractivity contribution < 1.29 is 66.1 Å². The van der Waals surface area contributed by atoms with E-state index in [2.05, 4.69) is 23.8 Å². The molecule has 9 heavy (non-hydrogen) atoms. The smallest absolute Gasteiger partial charge is 1.00 e. The molecule has 0 aliphatic heterocycles. The third kappa shape index (κ3) is 189. The Kier molecular flexibility index (Phi) is 18.5. The summed E-state index contributed by atoms with van der Waals surface area (Å²) in [4.78, 5) is 0. The minimum Gasteiger partial charge on any atom is -1.00 e. The number of rotatable bonds is 0. The summed E-state index contributed by atoms with van der Waals surface area (Å²) in [5, 5.41) is 8.63. The molecule has 0 unspecified atom stereocenters. The van der Waals surface area contributed by atoms with Gasteiger partial charge in [-0.15, -0.1) is 0 Å². The van der Waals surface area contributed by atoms with E-state index in [-0.39, 0.29) is 52.8 Å². The molecule has 0 radical (unpaired) electrons. The Morgan fingerprint density at radius 3 is 1.78 bits per heavy atom. The Hall–Kier alpha value is 1.77. The van der Waals surface area contributed by atoms with Gasteiger partial charge in [0.05, 0.1) is 0 Å². The molecule has 4 nitrogen and oxygen atoms in total. The van der Waals surface area contributed by atoms with Crippen molar-refractivity contribution in [2.75, 3.05) is 0 Å². The van der Waals surface area contributed by atoms with Crippen LogP contribution in [0.15, 0.2) is 0 Å². The van der Waals surface area contributed by atoms with Crippen molar-refractivity contribution in [1.29, 1.82) is 5.26 Å². The van der Waals surface area contributed by atoms with Gasteiger partial charge in [0.15, 0.2) is 0 Å². The summed E-state index contributed by atoms with van der Waals surface area (Å²) in [5.74, 6) is 0. The first-order valence-electron chi connectivity index (χ1n) is 1.15. The van der Waals surface area contributed by atoms with Gasteiger partial charge in [0, 0.05) is 11.2 Å². The van der Waals surface area contributed by atoms with E-state index < -0.39 is 9.05 Å². The SMILES string of the molecule is N#CS.O=S(O)(O)=S.[H-].[K+]. The Morgan fingerprint density at radius 1 is 1.78 bits per heavy atom. The van der Waals surface area contributed by atoms with E-state index in [1.807, 2.05) is 0 Å². The largest absolute Gasteiger partial charge is 1.00 e. The van der Waals surface area contributed by atoms with Crippen LogP contribution in [0.4, 0.5) is 0 Å². The summed E-state index contributed by atoms with van der Waals surface area (Å²) < 4.78 is 24.0. The van der Waals surface area contributed by atoms with E-state index in [9.17, 15) is 0 Å². The van der Waals surface area contributed by atoms with E-state index >= 15 is 0 Å². The van der Waals surface area contributed by atoms with Crippen LogP contribution in [0.25, 0.3) is 0 Å². The van der Waals surface area contributed by atoms with Crippen molar-refractivity contribution in [1.82, 2.24) is 0 Å². The van der Waals surface area contributed by atoms with Gasteiger partial charge in [-0.25, -0.2) is 0 Å². The fourth-order valence-corrected chi connectivity index (χ4v) is 0. The minimum atomic E-state index is -3.83. The predicted octanol–water partition coefficient (Wildman–Crippen LogP) is -2.81. The Balaban J connectivity index is -0.0000000326. The van der Waals surface area contributed by atoms with Gasteiger partial charge in [-0.1, -0.05) is 12.6 Å². The average Bonchev–Trinajstić information content (AvgIpc) is 1.27. The number of hydrogen-bond acceptors (Lipinski definition) is 4. The Labute approximate surface area is 108 Å². The average molecular weight is 213 g/mol. The monoisotopic (exact) mass is 213 g/mol. The topological polar surface area (TPSA) is 81.3 Å². The molecule has 0 rings (SSSR count). The molecule has 0 fully saturated rings. The van der Waals surface area contributed by atoms with Crippen molar-refractivity contribution in [3.8, 4) is 5.40 Å². The van der Waals surface area contributed by atoms with Crippen LogP contribution in [-0.2, 0) is 20.2 Å². The van der Waals surface area contributed by atoms with E-state index in [1.165, 1.54) is 5.40 Å². The summed E-state index contributed by atoms with van der Waals surface area (Å²) in [6, 6.07) is 0. The van der Waals surface area contributed by atoms with Crippen LogP contribution in [0.3, 0.4) is 0 Å². The Bertz CT molecular complexity index is 165. The van der Waals surface area contributed by atoms with E-state index in [4.69, 9.17) is 18.6 Å². The molecule has 2 N–H and O–H groups in total. The van der Waals surface area contributed by atoms with Crippen molar-refractivity contribution in [3.05, 3.63) is 0 Å². The molecule has 8 heteroatoms. The van der Waals surface area contributed by atoms with Gasteiger partial charge >= 0.3 is 51.4 Å². The van der Waals surface area contributed by atoms with Crippen molar-refractivity contribution in [2.45, 2.75) is 0 Å². The molecule has 0 heterocycles. The first kappa shape index (κ1) is 17.0. The van der Waals surface area contributed by atoms with E-state index in [0.29, 0.717) is 0 Å². The summed E-state index contributed by atoms with van der Waals surface area (Å²) in [7, 11) is -3.83. The fraction of sp³-hybridized carbons (Fsp3) is 0. The maximum Gasteiger partial charge on any atom is 1.00 e. The number of thiocyanates is 1. The molecular weight excluding hydrogens is 209 g/mol. The molecule has 0 amide bonds. The molecule has 0 aliphatic rings. The van der Waals surface area contributed by atoms with Crippen LogP contribution in [0, 0.1) is 10.7 Å². The van der Waals surface area contributed by atoms with Gasteiger partial charge in [0.1, 0.15) is 5.40 Å². The first-order valence-corrected chi connectivity index (χ1v) is 3.99. The van der Waals surface area contributed by atoms with Gasteiger partial charge < -0.3 is 1.43 Å². The van der Waals surface area contributed by atoms with Crippen LogP contribution in [0.5, 0.6) is 0 Å². The number of nitriles is 1. The molecule has 0 bridgehead atoms. The molecular formula is CH4KNO3S3. The summed E-state index contributed by atoms with van der Waals surface area (Å²) >= 11 is 6.56. The predicted molar refractivity (Wildman–Crippen MR) is 36.5 cm³/mol. The summed E-state index contributed by atoms with van der Waals surface area (Å²) in [6.45, 7) is 0. The minimum absolute atomic E-state index is 0. The summed E-state index contributed by atoms with van der Waals surface area (Å²) in [6.07, 6.45) is 0. The molecule has 0 aliphatic carbocycles. The molecule has 50 valence electrons. The maximum atomic E-state index is 9.11. The van der Waals surface area contributed by atoms with Gasteiger partial charge in [0.25, 0.3) is 9.05 Å². The van der Waals surface area contributed by atoms with Gasteiger partial charge in [-0.3, -0.25) is 9.11 Å². The third-order valence-electron chi connectivity index (χ3n) is 0. The van der Waals surface area contributed by atoms with Crippen LogP contribution >= 0.6 is 12.6 Å². The molecule has 0 atom stereocenters. The van der Waals surface area contributed by atoms with Gasteiger partial charge in [-0.2, -0.15) is 9.47 Å². The van der Waals surface area contributed by atoms with Crippen LogP contribution in [-0.4, -0.2) is 13.3 Å². The second-order valence-corrected chi connectivity index (χ2v) is 2.95. The second-order valence-electron chi connectivity index (χ2n) is 0.548. The van der Waals surface area contributed by atoms with E-state index in [0.717, 1.165) is 0 Å². The fourth-order valence-electron chi connectivity index (χ4n) is 0. The maximum absolute atomic E-state index is 9.11. The first-order chi connectivity index (χ1) is 3.41. The second kappa shape index (κ2) is 9.77. The molecule has 0 saturated heterocycles. The number of nitrogens with zero attached hydrogens (tertiary/aromatic N) is 1.